The van der Waals surface area contributed by atoms with Crippen molar-refractivity contribution in [2.24, 2.45) is 0 Å². The second kappa shape index (κ2) is 3.09. The van der Waals surface area contributed by atoms with Gasteiger partial charge in [0.2, 0.25) is 0 Å². The van der Waals surface area contributed by atoms with Gasteiger partial charge in [-0.2, -0.15) is 4.98 Å². The van der Waals surface area contributed by atoms with Gasteiger partial charge in [0.05, 0.1) is 0 Å². The third kappa shape index (κ3) is 1.55. The van der Waals surface area contributed by atoms with Gasteiger partial charge in [0, 0.05) is 17.8 Å². The van der Waals surface area contributed by atoms with Crippen molar-refractivity contribution in [1.29, 1.82) is 0 Å². The number of rotatable bonds is 1. The minimum Gasteiger partial charge on any atom is -0.334 e. The molecule has 0 aliphatic carbocycles. The van der Waals surface area contributed by atoms with E-state index in [1.54, 1.807) is 6.92 Å². The molecule has 1 aromatic heterocycles. The van der Waals surface area contributed by atoms with Gasteiger partial charge < -0.3 is 4.57 Å². The molecule has 66 valence electrons. The fourth-order valence-corrected chi connectivity index (χ4v) is 1.17. The van der Waals surface area contributed by atoms with Crippen LogP contribution in [-0.2, 0) is 0 Å². The van der Waals surface area contributed by atoms with Crippen LogP contribution in [0.1, 0.15) is 31.3 Å². The molecule has 0 aromatic carbocycles. The molecule has 0 radical (unpaired) electrons. The van der Waals surface area contributed by atoms with Crippen molar-refractivity contribution in [3.8, 4) is 0 Å². The number of aromatic nitrogens is 2. The maximum absolute atomic E-state index is 11.1. The Morgan fingerprint density at radius 3 is 2.50 bits per heavy atom. The predicted molar refractivity (Wildman–Crippen MR) is 48.4 cm³/mol. The van der Waals surface area contributed by atoms with Crippen LogP contribution in [0.2, 0.25) is 0 Å². The summed E-state index contributed by atoms with van der Waals surface area (Å²) in [6, 6.07) is 0.358. The lowest BCUT2D eigenvalue weighted by molar-refractivity contribution is 0.561. The SMILES string of the molecule is Cc1cn(C(C)C)c(C)nc1=O. The molecule has 0 spiro atoms. The highest BCUT2D eigenvalue weighted by Crippen LogP contribution is 2.05. The first-order valence-electron chi connectivity index (χ1n) is 4.08. The van der Waals surface area contributed by atoms with Crippen molar-refractivity contribution in [2.75, 3.05) is 0 Å². The highest BCUT2D eigenvalue weighted by Gasteiger charge is 2.03. The summed E-state index contributed by atoms with van der Waals surface area (Å²) in [5.74, 6) is 0.778. The third-order valence-corrected chi connectivity index (χ3v) is 1.86. The van der Waals surface area contributed by atoms with E-state index in [9.17, 15) is 4.79 Å². The van der Waals surface area contributed by atoms with Crippen molar-refractivity contribution in [1.82, 2.24) is 9.55 Å². The minimum atomic E-state index is -0.121. The first-order valence-corrected chi connectivity index (χ1v) is 4.08. The van der Waals surface area contributed by atoms with E-state index in [-0.39, 0.29) is 5.56 Å². The van der Waals surface area contributed by atoms with Crippen molar-refractivity contribution in [3.63, 3.8) is 0 Å². The fraction of sp³-hybridized carbons (Fsp3) is 0.556. The Hall–Kier alpha value is -1.12. The van der Waals surface area contributed by atoms with Crippen molar-refractivity contribution in [3.05, 3.63) is 27.9 Å². The van der Waals surface area contributed by atoms with Crippen LogP contribution < -0.4 is 5.56 Å². The molecule has 0 saturated carbocycles. The summed E-state index contributed by atoms with van der Waals surface area (Å²) >= 11 is 0. The Morgan fingerprint density at radius 1 is 1.42 bits per heavy atom. The molecule has 0 atom stereocenters. The molecule has 1 aromatic rings. The summed E-state index contributed by atoms with van der Waals surface area (Å²) in [6.07, 6.45) is 1.86. The molecule has 1 heterocycles. The van der Waals surface area contributed by atoms with Gasteiger partial charge in [-0.25, -0.2) is 0 Å². The van der Waals surface area contributed by atoms with Gasteiger partial charge in [-0.1, -0.05) is 0 Å². The van der Waals surface area contributed by atoms with Crippen LogP contribution in [0.4, 0.5) is 0 Å². The van der Waals surface area contributed by atoms with Crippen LogP contribution in [0, 0.1) is 13.8 Å². The van der Waals surface area contributed by atoms with Crippen molar-refractivity contribution in [2.45, 2.75) is 33.7 Å². The zero-order valence-electron chi connectivity index (χ0n) is 7.96. The van der Waals surface area contributed by atoms with E-state index in [0.29, 0.717) is 11.6 Å². The normalized spacial score (nSPS) is 10.8. The summed E-state index contributed by atoms with van der Waals surface area (Å²) < 4.78 is 2.00. The van der Waals surface area contributed by atoms with E-state index in [2.05, 4.69) is 18.8 Å². The first-order chi connectivity index (χ1) is 5.52. The molecule has 0 N–H and O–H groups in total. The maximum Gasteiger partial charge on any atom is 0.275 e. The Kier molecular flexibility index (Phi) is 2.31. The van der Waals surface area contributed by atoms with Gasteiger partial charge in [-0.15, -0.1) is 0 Å². The van der Waals surface area contributed by atoms with E-state index >= 15 is 0 Å². The van der Waals surface area contributed by atoms with Crippen LogP contribution in [0.5, 0.6) is 0 Å². The van der Waals surface area contributed by atoms with Crippen molar-refractivity contribution < 1.29 is 0 Å². The van der Waals surface area contributed by atoms with Gasteiger partial charge in [0.1, 0.15) is 5.82 Å². The summed E-state index contributed by atoms with van der Waals surface area (Å²) in [4.78, 5) is 15.0. The Morgan fingerprint density at radius 2 is 2.00 bits per heavy atom. The van der Waals surface area contributed by atoms with Gasteiger partial charge in [0.15, 0.2) is 0 Å². The van der Waals surface area contributed by atoms with Crippen LogP contribution in [0.15, 0.2) is 11.0 Å². The van der Waals surface area contributed by atoms with E-state index in [1.165, 1.54) is 0 Å². The molecule has 12 heavy (non-hydrogen) atoms. The Labute approximate surface area is 72.1 Å². The molecular formula is C9H14N2O. The molecule has 1 rings (SSSR count). The molecule has 0 unspecified atom stereocenters. The summed E-state index contributed by atoms with van der Waals surface area (Å²) in [5.41, 5.74) is 0.582. The van der Waals surface area contributed by atoms with E-state index in [1.807, 2.05) is 17.7 Å². The summed E-state index contributed by atoms with van der Waals surface area (Å²) in [6.45, 7) is 7.77. The van der Waals surface area contributed by atoms with E-state index in [0.717, 1.165) is 5.82 Å². The Balaban J connectivity index is 3.33. The summed E-state index contributed by atoms with van der Waals surface area (Å²) in [5, 5.41) is 0. The van der Waals surface area contributed by atoms with E-state index in [4.69, 9.17) is 0 Å². The monoisotopic (exact) mass is 166 g/mol. The first kappa shape index (κ1) is 8.97. The number of hydrogen-bond donors (Lipinski definition) is 0. The average molecular weight is 166 g/mol. The smallest absolute Gasteiger partial charge is 0.275 e. The van der Waals surface area contributed by atoms with E-state index < -0.39 is 0 Å². The zero-order chi connectivity index (χ0) is 9.30. The highest BCUT2D eigenvalue weighted by molar-refractivity contribution is 5.05. The van der Waals surface area contributed by atoms with Crippen LogP contribution >= 0.6 is 0 Å². The van der Waals surface area contributed by atoms with Crippen LogP contribution in [-0.4, -0.2) is 9.55 Å². The second-order valence-corrected chi connectivity index (χ2v) is 3.28. The predicted octanol–water partition coefficient (Wildman–Crippen LogP) is 1.44. The second-order valence-electron chi connectivity index (χ2n) is 3.28. The molecule has 0 bridgehead atoms. The topological polar surface area (TPSA) is 34.9 Å². The summed E-state index contributed by atoms with van der Waals surface area (Å²) in [7, 11) is 0. The number of nitrogens with zero attached hydrogens (tertiary/aromatic N) is 2. The maximum atomic E-state index is 11.1. The lowest BCUT2D eigenvalue weighted by atomic mass is 10.3. The highest BCUT2D eigenvalue weighted by atomic mass is 16.1. The standard InChI is InChI=1S/C9H14N2O/c1-6(2)11-5-7(3)9(12)10-8(11)4/h5-6H,1-4H3. The number of hydrogen-bond acceptors (Lipinski definition) is 2. The largest absolute Gasteiger partial charge is 0.334 e. The van der Waals surface area contributed by atoms with Gasteiger partial charge >= 0.3 is 0 Å². The van der Waals surface area contributed by atoms with Crippen molar-refractivity contribution >= 4 is 0 Å². The fourth-order valence-electron chi connectivity index (χ4n) is 1.17. The Bertz CT molecular complexity index is 339. The third-order valence-electron chi connectivity index (χ3n) is 1.86. The molecule has 0 aliphatic heterocycles. The minimum absolute atomic E-state index is 0.121. The van der Waals surface area contributed by atoms with Crippen LogP contribution in [0.3, 0.4) is 0 Å². The van der Waals surface area contributed by atoms with Gasteiger partial charge in [-0.3, -0.25) is 4.79 Å². The lowest BCUT2D eigenvalue weighted by Gasteiger charge is -2.13. The zero-order valence-corrected chi connectivity index (χ0v) is 7.96. The molecule has 0 amide bonds. The molecule has 0 aliphatic rings. The molecule has 0 fully saturated rings. The average Bonchev–Trinajstić information content (AvgIpc) is 1.96. The van der Waals surface area contributed by atoms with Gasteiger partial charge in [-0.05, 0) is 27.7 Å². The lowest BCUT2D eigenvalue weighted by Crippen LogP contribution is -2.18. The molecule has 3 nitrogen and oxygen atoms in total. The molecule has 3 heteroatoms. The molecular weight excluding hydrogens is 152 g/mol. The quantitative estimate of drug-likeness (QED) is 0.632. The van der Waals surface area contributed by atoms with Gasteiger partial charge in [0.25, 0.3) is 5.56 Å². The number of aryl methyl sites for hydroxylation is 2. The van der Waals surface area contributed by atoms with Crippen LogP contribution in [0.25, 0.3) is 0 Å². The molecule has 0 saturated heterocycles.